The molecule has 6 nitrogen and oxygen atoms in total. The first-order chi connectivity index (χ1) is 12.7. The summed E-state index contributed by atoms with van der Waals surface area (Å²) in [6.45, 7) is 3.90. The predicted molar refractivity (Wildman–Crippen MR) is 102 cm³/mol. The van der Waals surface area contributed by atoms with Gasteiger partial charge in [-0.1, -0.05) is 12.1 Å². The summed E-state index contributed by atoms with van der Waals surface area (Å²) < 4.78 is 2.24. The molecule has 3 heterocycles. The number of hydrogen-bond acceptors (Lipinski definition) is 5. The molecule has 1 aliphatic rings. The molecule has 26 heavy (non-hydrogen) atoms. The van der Waals surface area contributed by atoms with Crippen LogP contribution in [-0.4, -0.2) is 33.7 Å². The minimum Gasteiger partial charge on any atom is -0.341 e. The Labute approximate surface area is 152 Å². The van der Waals surface area contributed by atoms with Crippen LogP contribution >= 0.6 is 0 Å². The summed E-state index contributed by atoms with van der Waals surface area (Å²) in [6, 6.07) is 14.2. The lowest BCUT2D eigenvalue weighted by Gasteiger charge is -2.33. The Bertz CT molecular complexity index is 953. The number of para-hydroxylation sites is 2. The lowest BCUT2D eigenvalue weighted by atomic mass is 10.1. The zero-order chi connectivity index (χ0) is 18.1. The van der Waals surface area contributed by atoms with Crippen LogP contribution in [-0.2, 0) is 0 Å². The zero-order valence-corrected chi connectivity index (χ0v) is 14.8. The average Bonchev–Trinajstić information content (AvgIpc) is 3.07. The lowest BCUT2D eigenvalue weighted by Crippen LogP contribution is -2.44. The van der Waals surface area contributed by atoms with Crippen LogP contribution < -0.4 is 10.6 Å². The van der Waals surface area contributed by atoms with E-state index < -0.39 is 0 Å². The number of fused-ring (bicyclic) bond motifs is 1. The van der Waals surface area contributed by atoms with Gasteiger partial charge in [0.05, 0.1) is 28.3 Å². The van der Waals surface area contributed by atoms with Crippen molar-refractivity contribution < 1.29 is 0 Å². The summed E-state index contributed by atoms with van der Waals surface area (Å²) >= 11 is 0. The molecule has 0 unspecified atom stereocenters. The van der Waals surface area contributed by atoms with E-state index in [9.17, 15) is 0 Å². The van der Waals surface area contributed by atoms with Gasteiger partial charge in [-0.25, -0.2) is 4.98 Å². The Balaban J connectivity index is 1.81. The molecule has 0 bridgehead atoms. The van der Waals surface area contributed by atoms with Crippen LogP contribution in [0.4, 0.5) is 5.95 Å². The van der Waals surface area contributed by atoms with Gasteiger partial charge in [-0.3, -0.25) is 4.98 Å². The number of benzene rings is 1. The maximum absolute atomic E-state index is 9.01. The number of imidazole rings is 1. The van der Waals surface area contributed by atoms with Crippen molar-refractivity contribution >= 4 is 17.0 Å². The molecule has 4 rings (SSSR count). The Morgan fingerprint density at radius 1 is 1.27 bits per heavy atom. The predicted octanol–water partition coefficient (Wildman–Crippen LogP) is 2.84. The molecule has 0 radical (unpaired) electrons. The van der Waals surface area contributed by atoms with Crippen LogP contribution in [0.1, 0.15) is 37.1 Å². The molecule has 0 spiro atoms. The standard InChI is InChI=1S/C20H22N6/c1-14(17-9-8-15(11-21)12-23-17)26-19-7-3-2-6-18(19)24-20(26)25-10-4-5-16(22)13-25/h2-3,6-9,12,14,16H,4-5,10,13,22H2,1H3/t14-,16-/m0/s1. The van der Waals surface area contributed by atoms with Crippen LogP contribution in [0, 0.1) is 11.3 Å². The van der Waals surface area contributed by atoms with Gasteiger partial charge in [0.1, 0.15) is 6.07 Å². The first-order valence-electron chi connectivity index (χ1n) is 9.01. The molecule has 3 aromatic rings. The van der Waals surface area contributed by atoms with Crippen molar-refractivity contribution in [2.24, 2.45) is 5.73 Å². The molecular formula is C20H22N6. The second-order valence-corrected chi connectivity index (χ2v) is 6.88. The fourth-order valence-corrected chi connectivity index (χ4v) is 3.68. The Morgan fingerprint density at radius 2 is 2.12 bits per heavy atom. The third kappa shape index (κ3) is 2.91. The smallest absolute Gasteiger partial charge is 0.207 e. The summed E-state index contributed by atoms with van der Waals surface area (Å²) in [5, 5.41) is 9.01. The molecule has 1 saturated heterocycles. The Morgan fingerprint density at radius 3 is 2.85 bits per heavy atom. The van der Waals surface area contributed by atoms with E-state index in [0.717, 1.165) is 48.6 Å². The molecule has 0 saturated carbocycles. The molecule has 132 valence electrons. The van der Waals surface area contributed by atoms with E-state index >= 15 is 0 Å². The fraction of sp³-hybridized carbons (Fsp3) is 0.350. The van der Waals surface area contributed by atoms with Crippen LogP contribution in [0.15, 0.2) is 42.6 Å². The van der Waals surface area contributed by atoms with Gasteiger partial charge in [0.15, 0.2) is 0 Å². The first kappa shape index (κ1) is 16.6. The molecule has 1 aromatic carbocycles. The number of nitriles is 1. The van der Waals surface area contributed by atoms with Crippen molar-refractivity contribution in [2.45, 2.75) is 31.8 Å². The highest BCUT2D eigenvalue weighted by Crippen LogP contribution is 2.31. The van der Waals surface area contributed by atoms with Crippen molar-refractivity contribution in [3.05, 3.63) is 53.9 Å². The topological polar surface area (TPSA) is 83.8 Å². The van der Waals surface area contributed by atoms with Crippen LogP contribution in [0.5, 0.6) is 0 Å². The second kappa shape index (κ2) is 6.77. The second-order valence-electron chi connectivity index (χ2n) is 6.88. The molecule has 0 amide bonds. The van der Waals surface area contributed by atoms with E-state index in [1.54, 1.807) is 6.20 Å². The van der Waals surface area contributed by atoms with E-state index in [-0.39, 0.29) is 12.1 Å². The van der Waals surface area contributed by atoms with Gasteiger partial charge in [0.2, 0.25) is 5.95 Å². The van der Waals surface area contributed by atoms with E-state index in [1.165, 1.54) is 0 Å². The summed E-state index contributed by atoms with van der Waals surface area (Å²) in [7, 11) is 0. The minimum atomic E-state index is 0.00305. The normalized spacial score (nSPS) is 18.7. The number of nitrogens with two attached hydrogens (primary N) is 1. The van der Waals surface area contributed by atoms with Gasteiger partial charge in [0, 0.05) is 25.3 Å². The molecule has 0 aliphatic carbocycles. The maximum atomic E-state index is 9.01. The highest BCUT2D eigenvalue weighted by molar-refractivity contribution is 5.79. The van der Waals surface area contributed by atoms with E-state index in [1.807, 2.05) is 30.3 Å². The summed E-state index contributed by atoms with van der Waals surface area (Å²) in [4.78, 5) is 11.7. The number of pyridine rings is 1. The number of rotatable bonds is 3. The van der Waals surface area contributed by atoms with Gasteiger partial charge in [-0.05, 0) is 44.0 Å². The quantitative estimate of drug-likeness (QED) is 0.788. The van der Waals surface area contributed by atoms with Gasteiger partial charge in [0.25, 0.3) is 0 Å². The molecule has 1 aliphatic heterocycles. The van der Waals surface area contributed by atoms with Crippen LogP contribution in [0.3, 0.4) is 0 Å². The van der Waals surface area contributed by atoms with E-state index in [2.05, 4.69) is 33.5 Å². The summed E-state index contributed by atoms with van der Waals surface area (Å²) in [5.41, 5.74) is 9.74. The molecule has 2 N–H and O–H groups in total. The van der Waals surface area contributed by atoms with Gasteiger partial charge >= 0.3 is 0 Å². The van der Waals surface area contributed by atoms with E-state index in [4.69, 9.17) is 16.0 Å². The number of aromatic nitrogens is 3. The molecule has 2 atom stereocenters. The van der Waals surface area contributed by atoms with Crippen LogP contribution in [0.25, 0.3) is 11.0 Å². The maximum Gasteiger partial charge on any atom is 0.207 e. The van der Waals surface area contributed by atoms with Crippen molar-refractivity contribution in [3.8, 4) is 6.07 Å². The Hall–Kier alpha value is -2.91. The van der Waals surface area contributed by atoms with E-state index in [0.29, 0.717) is 5.56 Å². The zero-order valence-electron chi connectivity index (χ0n) is 14.8. The SMILES string of the molecule is C[C@@H](c1ccc(C#N)cn1)n1c(N2CCC[C@H](N)C2)nc2ccccc21. The van der Waals surface area contributed by atoms with Gasteiger partial charge in [-0.2, -0.15) is 5.26 Å². The van der Waals surface area contributed by atoms with Gasteiger partial charge in [-0.15, -0.1) is 0 Å². The third-order valence-electron chi connectivity index (χ3n) is 5.05. The first-order valence-corrected chi connectivity index (χ1v) is 9.01. The minimum absolute atomic E-state index is 0.00305. The number of hydrogen-bond donors (Lipinski definition) is 1. The lowest BCUT2D eigenvalue weighted by molar-refractivity contribution is 0.489. The van der Waals surface area contributed by atoms with Crippen molar-refractivity contribution in [3.63, 3.8) is 0 Å². The third-order valence-corrected chi connectivity index (χ3v) is 5.05. The Kier molecular flexibility index (Phi) is 4.31. The average molecular weight is 346 g/mol. The molecular weight excluding hydrogens is 324 g/mol. The monoisotopic (exact) mass is 346 g/mol. The van der Waals surface area contributed by atoms with Crippen molar-refractivity contribution in [2.75, 3.05) is 18.0 Å². The summed E-state index contributed by atoms with van der Waals surface area (Å²) in [5.74, 6) is 0.944. The largest absolute Gasteiger partial charge is 0.341 e. The number of anilines is 1. The van der Waals surface area contributed by atoms with Gasteiger partial charge < -0.3 is 15.2 Å². The number of nitrogens with zero attached hydrogens (tertiary/aromatic N) is 5. The number of piperidine rings is 1. The summed E-state index contributed by atoms with van der Waals surface area (Å²) in [6.07, 6.45) is 3.76. The molecule has 2 aromatic heterocycles. The van der Waals surface area contributed by atoms with Crippen molar-refractivity contribution in [1.82, 2.24) is 14.5 Å². The van der Waals surface area contributed by atoms with Crippen molar-refractivity contribution in [1.29, 1.82) is 5.26 Å². The highest BCUT2D eigenvalue weighted by Gasteiger charge is 2.25. The van der Waals surface area contributed by atoms with Crippen LogP contribution in [0.2, 0.25) is 0 Å². The molecule has 6 heteroatoms. The highest BCUT2D eigenvalue weighted by atomic mass is 15.3. The fourth-order valence-electron chi connectivity index (χ4n) is 3.68. The molecule has 1 fully saturated rings.